The van der Waals surface area contributed by atoms with Gasteiger partial charge in [0.2, 0.25) is 5.91 Å². The molecular weight excluding hydrogens is 311 g/mol. The number of nitrogens with one attached hydrogen (secondary N) is 1. The van der Waals surface area contributed by atoms with E-state index in [0.29, 0.717) is 6.61 Å². The van der Waals surface area contributed by atoms with Crippen molar-refractivity contribution in [1.29, 1.82) is 0 Å². The fourth-order valence-electron chi connectivity index (χ4n) is 3.18. The summed E-state index contributed by atoms with van der Waals surface area (Å²) >= 11 is 0. The Labute approximate surface area is 142 Å². The second-order valence-electron chi connectivity index (χ2n) is 6.20. The first-order valence-corrected chi connectivity index (χ1v) is 8.37. The fourth-order valence-corrected chi connectivity index (χ4v) is 3.18. The van der Waals surface area contributed by atoms with Gasteiger partial charge >= 0.3 is 5.97 Å². The van der Waals surface area contributed by atoms with E-state index in [9.17, 15) is 14.0 Å². The Balaban J connectivity index is 1.97. The molecule has 1 aromatic rings. The van der Waals surface area contributed by atoms with E-state index < -0.39 is 5.97 Å². The lowest BCUT2D eigenvalue weighted by Crippen LogP contribution is -2.46. The van der Waals surface area contributed by atoms with Gasteiger partial charge in [0, 0.05) is 12.6 Å². The highest BCUT2D eigenvalue weighted by molar-refractivity contribution is 5.83. The fraction of sp³-hybridized carbons (Fsp3) is 0.556. The van der Waals surface area contributed by atoms with Crippen molar-refractivity contribution in [2.75, 3.05) is 26.7 Å². The van der Waals surface area contributed by atoms with Gasteiger partial charge < -0.3 is 9.64 Å². The topological polar surface area (TPSA) is 58.6 Å². The zero-order valence-corrected chi connectivity index (χ0v) is 14.3. The van der Waals surface area contributed by atoms with Crippen molar-refractivity contribution >= 4 is 11.9 Å². The maximum atomic E-state index is 13.2. The van der Waals surface area contributed by atoms with E-state index in [4.69, 9.17) is 4.74 Å². The van der Waals surface area contributed by atoms with Crippen LogP contribution in [0.25, 0.3) is 0 Å². The van der Waals surface area contributed by atoms with E-state index in [0.717, 1.165) is 31.2 Å². The molecule has 1 N–H and O–H groups in total. The number of benzene rings is 1. The highest BCUT2D eigenvalue weighted by atomic mass is 19.1. The number of halogens is 1. The van der Waals surface area contributed by atoms with Gasteiger partial charge in [-0.3, -0.25) is 14.9 Å². The largest absolute Gasteiger partial charge is 0.465 e. The van der Waals surface area contributed by atoms with Gasteiger partial charge in [0.15, 0.2) is 0 Å². The maximum absolute atomic E-state index is 13.2. The molecule has 0 heterocycles. The Morgan fingerprint density at radius 2 is 1.88 bits per heavy atom. The zero-order valence-electron chi connectivity index (χ0n) is 14.3. The van der Waals surface area contributed by atoms with Gasteiger partial charge in [-0.05, 0) is 37.5 Å². The minimum Gasteiger partial charge on any atom is -0.465 e. The van der Waals surface area contributed by atoms with Crippen LogP contribution in [0.5, 0.6) is 0 Å². The Hall–Kier alpha value is -1.95. The zero-order chi connectivity index (χ0) is 17.6. The van der Waals surface area contributed by atoms with Crippen LogP contribution in [0.3, 0.4) is 0 Å². The van der Waals surface area contributed by atoms with Crippen molar-refractivity contribution in [1.82, 2.24) is 10.2 Å². The SMILES string of the molecule is CCOC(=O)CN(C)C(=O)CNC1(c2ccc(F)cc2)CCCC1. The molecule has 0 bridgehead atoms. The number of ether oxygens (including phenoxy) is 1. The first-order chi connectivity index (χ1) is 11.5. The summed E-state index contributed by atoms with van der Waals surface area (Å²) in [6.45, 7) is 2.10. The molecule has 1 amide bonds. The molecule has 0 atom stereocenters. The van der Waals surface area contributed by atoms with E-state index in [1.807, 2.05) is 0 Å². The number of likely N-dealkylation sites (N-methyl/N-ethyl adjacent to an activating group) is 1. The molecule has 2 rings (SSSR count). The Morgan fingerprint density at radius 3 is 2.46 bits per heavy atom. The lowest BCUT2D eigenvalue weighted by atomic mass is 9.88. The molecule has 1 aliphatic carbocycles. The van der Waals surface area contributed by atoms with Crippen LogP contribution in [0.1, 0.15) is 38.2 Å². The van der Waals surface area contributed by atoms with Gasteiger partial charge in [0.25, 0.3) is 0 Å². The molecule has 5 nitrogen and oxygen atoms in total. The van der Waals surface area contributed by atoms with Crippen molar-refractivity contribution in [3.63, 3.8) is 0 Å². The number of amides is 1. The van der Waals surface area contributed by atoms with Gasteiger partial charge in [0.05, 0.1) is 13.2 Å². The maximum Gasteiger partial charge on any atom is 0.325 e. The van der Waals surface area contributed by atoms with Crippen LogP contribution in [-0.4, -0.2) is 43.5 Å². The second-order valence-corrected chi connectivity index (χ2v) is 6.20. The van der Waals surface area contributed by atoms with Crippen molar-refractivity contribution in [2.24, 2.45) is 0 Å². The van der Waals surface area contributed by atoms with Crippen LogP contribution in [0.15, 0.2) is 24.3 Å². The van der Waals surface area contributed by atoms with E-state index in [-0.39, 0.29) is 30.4 Å². The third-order valence-corrected chi connectivity index (χ3v) is 4.53. The summed E-state index contributed by atoms with van der Waals surface area (Å²) in [6, 6.07) is 6.46. The Kier molecular flexibility index (Phi) is 6.31. The summed E-state index contributed by atoms with van der Waals surface area (Å²) in [7, 11) is 1.58. The molecule has 6 heteroatoms. The molecule has 0 saturated heterocycles. The highest BCUT2D eigenvalue weighted by Crippen LogP contribution is 2.38. The summed E-state index contributed by atoms with van der Waals surface area (Å²) < 4.78 is 18.0. The van der Waals surface area contributed by atoms with Crippen molar-refractivity contribution in [3.05, 3.63) is 35.6 Å². The van der Waals surface area contributed by atoms with Crippen LogP contribution < -0.4 is 5.32 Å². The molecule has 0 spiro atoms. The molecule has 0 unspecified atom stereocenters. The summed E-state index contributed by atoms with van der Waals surface area (Å²) in [5, 5.41) is 3.35. The number of hydrogen-bond acceptors (Lipinski definition) is 4. The summed E-state index contributed by atoms with van der Waals surface area (Å²) in [5.74, 6) is -0.851. The molecule has 1 aromatic carbocycles. The van der Waals surface area contributed by atoms with Gasteiger partial charge in [-0.2, -0.15) is 0 Å². The normalized spacial score (nSPS) is 16.0. The lowest BCUT2D eigenvalue weighted by molar-refractivity contribution is -0.147. The number of nitrogens with zero attached hydrogens (tertiary/aromatic N) is 1. The Morgan fingerprint density at radius 1 is 1.25 bits per heavy atom. The van der Waals surface area contributed by atoms with Crippen LogP contribution in [0, 0.1) is 5.82 Å². The first-order valence-electron chi connectivity index (χ1n) is 8.37. The predicted molar refractivity (Wildman–Crippen MR) is 88.8 cm³/mol. The van der Waals surface area contributed by atoms with Crippen molar-refractivity contribution < 1.29 is 18.7 Å². The van der Waals surface area contributed by atoms with Gasteiger partial charge in [-0.15, -0.1) is 0 Å². The standard InChI is InChI=1S/C18H25FN2O3/c1-3-24-17(23)13-21(2)16(22)12-20-18(10-4-5-11-18)14-6-8-15(19)9-7-14/h6-9,20H,3-5,10-13H2,1-2H3. The van der Waals surface area contributed by atoms with E-state index >= 15 is 0 Å². The molecular formula is C18H25FN2O3. The number of carbonyl (C=O) groups excluding carboxylic acids is 2. The van der Waals surface area contributed by atoms with Crippen LogP contribution in [0.2, 0.25) is 0 Å². The lowest BCUT2D eigenvalue weighted by Gasteiger charge is -2.31. The Bertz CT molecular complexity index is 568. The summed E-state index contributed by atoms with van der Waals surface area (Å²) in [4.78, 5) is 25.1. The first kappa shape index (κ1) is 18.4. The third-order valence-electron chi connectivity index (χ3n) is 4.53. The van der Waals surface area contributed by atoms with E-state index in [2.05, 4.69) is 5.32 Å². The molecule has 1 aliphatic rings. The number of esters is 1. The molecule has 0 radical (unpaired) electrons. The minimum absolute atomic E-state index is 0.0576. The quantitative estimate of drug-likeness (QED) is 0.776. The van der Waals surface area contributed by atoms with Gasteiger partial charge in [-0.25, -0.2) is 4.39 Å². The van der Waals surface area contributed by atoms with E-state index in [1.54, 1.807) is 26.1 Å². The third kappa shape index (κ3) is 4.54. The van der Waals surface area contributed by atoms with Crippen LogP contribution in [0.4, 0.5) is 4.39 Å². The molecule has 0 aliphatic heterocycles. The molecule has 1 fully saturated rings. The molecule has 0 aromatic heterocycles. The average Bonchev–Trinajstić information content (AvgIpc) is 3.03. The molecule has 132 valence electrons. The second kappa shape index (κ2) is 8.24. The summed E-state index contributed by atoms with van der Waals surface area (Å²) in [5.41, 5.74) is 0.705. The van der Waals surface area contributed by atoms with Crippen molar-refractivity contribution in [2.45, 2.75) is 38.1 Å². The van der Waals surface area contributed by atoms with Crippen LogP contribution >= 0.6 is 0 Å². The molecule has 24 heavy (non-hydrogen) atoms. The van der Waals surface area contributed by atoms with E-state index in [1.165, 1.54) is 17.0 Å². The predicted octanol–water partition coefficient (Wildman–Crippen LogP) is 2.21. The minimum atomic E-state index is -0.414. The van der Waals surface area contributed by atoms with Gasteiger partial charge in [-0.1, -0.05) is 25.0 Å². The number of rotatable bonds is 7. The monoisotopic (exact) mass is 336 g/mol. The van der Waals surface area contributed by atoms with Crippen molar-refractivity contribution in [3.8, 4) is 0 Å². The van der Waals surface area contributed by atoms with Gasteiger partial charge in [0.1, 0.15) is 12.4 Å². The highest BCUT2D eigenvalue weighted by Gasteiger charge is 2.35. The smallest absolute Gasteiger partial charge is 0.325 e. The summed E-state index contributed by atoms with van der Waals surface area (Å²) in [6.07, 6.45) is 3.95. The van der Waals surface area contributed by atoms with Crippen LogP contribution in [-0.2, 0) is 19.9 Å². The molecule has 1 saturated carbocycles. The number of carbonyl (C=O) groups is 2. The number of hydrogen-bond donors (Lipinski definition) is 1. The average molecular weight is 336 g/mol.